The second-order valence-electron chi connectivity index (χ2n) is 5.22. The first-order valence-corrected chi connectivity index (χ1v) is 6.86. The highest BCUT2D eigenvalue weighted by Crippen LogP contribution is 2.50. The van der Waals surface area contributed by atoms with E-state index in [1.807, 2.05) is 0 Å². The number of nitrogens with zero attached hydrogens (tertiary/aromatic N) is 1. The van der Waals surface area contributed by atoms with Gasteiger partial charge in [-0.25, -0.2) is 9.59 Å². The van der Waals surface area contributed by atoms with Crippen molar-refractivity contribution in [1.29, 1.82) is 0 Å². The normalized spacial score (nSPS) is 21.0. The molecule has 2 bridgehead atoms. The number of ether oxygens (including phenoxy) is 2. The maximum Gasteiger partial charge on any atom is 0.335 e. The van der Waals surface area contributed by atoms with E-state index in [-0.39, 0.29) is 16.8 Å². The number of hydrogen-bond donors (Lipinski definition) is 0. The molecule has 1 aromatic rings. The lowest BCUT2D eigenvalue weighted by Crippen LogP contribution is -2.30. The second-order valence-corrected chi connectivity index (χ2v) is 5.22. The summed E-state index contributed by atoms with van der Waals surface area (Å²) in [4.78, 5) is 34.8. The number of esters is 2. The molecule has 4 rings (SSSR count). The Morgan fingerprint density at radius 1 is 1.00 bits per heavy atom. The van der Waals surface area contributed by atoms with E-state index in [1.54, 1.807) is 18.2 Å². The first kappa shape index (κ1) is 15.0. The largest absolute Gasteiger partial charge is 0.466 e. The minimum Gasteiger partial charge on any atom is -0.466 e. The molecule has 0 radical (unpaired) electrons. The molecule has 0 N–H and O–H groups in total. The maximum atomic E-state index is 12.2. The summed E-state index contributed by atoms with van der Waals surface area (Å²) in [5, 5.41) is 11.0. The molecule has 7 heteroatoms. The van der Waals surface area contributed by atoms with Gasteiger partial charge in [0, 0.05) is 24.0 Å². The molecule has 0 fully saturated rings. The Hall–Kier alpha value is -2.96. The third-order valence-corrected chi connectivity index (χ3v) is 4.17. The minimum atomic E-state index is -0.637. The molecule has 0 heterocycles. The van der Waals surface area contributed by atoms with E-state index in [0.29, 0.717) is 5.56 Å². The number of allylic oxidation sites excluding steroid dienone is 2. The maximum absolute atomic E-state index is 12.2. The van der Waals surface area contributed by atoms with Crippen LogP contribution in [0.3, 0.4) is 0 Å². The highest BCUT2D eigenvalue weighted by Gasteiger charge is 2.43. The fourth-order valence-electron chi connectivity index (χ4n) is 3.19. The van der Waals surface area contributed by atoms with Crippen LogP contribution in [0.5, 0.6) is 0 Å². The molecule has 0 saturated heterocycles. The zero-order valence-corrected chi connectivity index (χ0v) is 12.4. The van der Waals surface area contributed by atoms with Crippen LogP contribution in [0.2, 0.25) is 0 Å². The fourth-order valence-corrected chi connectivity index (χ4v) is 3.19. The molecule has 0 amide bonds. The summed E-state index contributed by atoms with van der Waals surface area (Å²) in [5.41, 5.74) is 1.75. The van der Waals surface area contributed by atoms with Crippen LogP contribution in [0.4, 0.5) is 5.69 Å². The lowest BCUT2D eigenvalue weighted by molar-refractivity contribution is -0.384. The van der Waals surface area contributed by atoms with E-state index >= 15 is 0 Å². The smallest absolute Gasteiger partial charge is 0.335 e. The molecule has 7 nitrogen and oxygen atoms in total. The molecule has 1 aromatic carbocycles. The van der Waals surface area contributed by atoms with Gasteiger partial charge in [0.1, 0.15) is 0 Å². The van der Waals surface area contributed by atoms with Gasteiger partial charge in [-0.05, 0) is 11.1 Å². The van der Waals surface area contributed by atoms with Gasteiger partial charge in [0.25, 0.3) is 5.69 Å². The molecule has 0 saturated carbocycles. The monoisotopic (exact) mass is 315 g/mol. The summed E-state index contributed by atoms with van der Waals surface area (Å²) in [7, 11) is 2.47. The zero-order valence-electron chi connectivity index (χ0n) is 12.4. The molecule has 0 aliphatic heterocycles. The molecule has 3 aliphatic carbocycles. The van der Waals surface area contributed by atoms with Crippen LogP contribution in [-0.4, -0.2) is 31.1 Å². The van der Waals surface area contributed by atoms with Gasteiger partial charge in [0.15, 0.2) is 0 Å². The molecule has 2 atom stereocenters. The van der Waals surface area contributed by atoms with Gasteiger partial charge in [0.2, 0.25) is 0 Å². The molecule has 0 unspecified atom stereocenters. The van der Waals surface area contributed by atoms with Crippen molar-refractivity contribution in [1.82, 2.24) is 0 Å². The van der Waals surface area contributed by atoms with Crippen LogP contribution in [0.15, 0.2) is 41.5 Å². The summed E-state index contributed by atoms with van der Waals surface area (Å²) < 4.78 is 9.59. The molecular weight excluding hydrogens is 302 g/mol. The van der Waals surface area contributed by atoms with Crippen molar-refractivity contribution < 1.29 is 24.0 Å². The van der Waals surface area contributed by atoms with Gasteiger partial charge in [-0.3, -0.25) is 10.1 Å². The van der Waals surface area contributed by atoms with Gasteiger partial charge < -0.3 is 9.47 Å². The number of methoxy groups -OCH3 is 2. The van der Waals surface area contributed by atoms with Crippen LogP contribution >= 0.6 is 0 Å². The number of rotatable bonds is 3. The summed E-state index contributed by atoms with van der Waals surface area (Å²) >= 11 is 0. The Balaban J connectivity index is 2.22. The number of hydrogen-bond acceptors (Lipinski definition) is 6. The Kier molecular flexibility index (Phi) is 3.48. The van der Waals surface area contributed by atoms with Crippen molar-refractivity contribution >= 4 is 17.6 Å². The summed E-state index contributed by atoms with van der Waals surface area (Å²) in [6.07, 6.45) is 3.56. The van der Waals surface area contributed by atoms with E-state index < -0.39 is 28.7 Å². The lowest BCUT2D eigenvalue weighted by Gasteiger charge is -2.35. The van der Waals surface area contributed by atoms with Crippen LogP contribution in [0, 0.1) is 10.1 Å². The predicted molar refractivity (Wildman–Crippen MR) is 78.8 cm³/mol. The van der Waals surface area contributed by atoms with Crippen LogP contribution in [0.25, 0.3) is 0 Å². The predicted octanol–water partition coefficient (Wildman–Crippen LogP) is 1.99. The van der Waals surface area contributed by atoms with Gasteiger partial charge in [-0.15, -0.1) is 0 Å². The van der Waals surface area contributed by atoms with Crippen molar-refractivity contribution in [2.45, 2.75) is 11.8 Å². The Morgan fingerprint density at radius 2 is 1.52 bits per heavy atom. The first-order chi connectivity index (χ1) is 11.0. The number of carbonyl (C=O) groups is 2. The molecule has 23 heavy (non-hydrogen) atoms. The molecule has 118 valence electrons. The van der Waals surface area contributed by atoms with Crippen molar-refractivity contribution in [2.75, 3.05) is 14.2 Å². The fraction of sp³-hybridized carbons (Fsp3) is 0.250. The third-order valence-electron chi connectivity index (χ3n) is 4.17. The van der Waals surface area contributed by atoms with Crippen LogP contribution < -0.4 is 0 Å². The second kappa shape index (κ2) is 5.35. The Bertz CT molecular complexity index is 792. The Morgan fingerprint density at radius 3 is 2.00 bits per heavy atom. The van der Waals surface area contributed by atoms with Crippen molar-refractivity contribution in [3.63, 3.8) is 0 Å². The molecule has 3 aliphatic rings. The number of carbonyl (C=O) groups excluding carboxylic acids is 2. The van der Waals surface area contributed by atoms with E-state index in [1.165, 1.54) is 26.4 Å². The summed E-state index contributed by atoms with van der Waals surface area (Å²) in [6.45, 7) is 0. The number of nitro benzene ring substituents is 1. The number of non-ortho nitro benzene ring substituents is 1. The van der Waals surface area contributed by atoms with Crippen LogP contribution in [0.1, 0.15) is 23.0 Å². The first-order valence-electron chi connectivity index (χ1n) is 6.86. The van der Waals surface area contributed by atoms with E-state index in [9.17, 15) is 19.7 Å². The van der Waals surface area contributed by atoms with Gasteiger partial charge in [-0.2, -0.15) is 0 Å². The van der Waals surface area contributed by atoms with Crippen molar-refractivity contribution in [2.24, 2.45) is 0 Å². The summed E-state index contributed by atoms with van der Waals surface area (Å²) in [6, 6.07) is 4.44. The zero-order chi connectivity index (χ0) is 16.7. The van der Waals surface area contributed by atoms with Gasteiger partial charge in [0.05, 0.1) is 30.3 Å². The topological polar surface area (TPSA) is 95.7 Å². The van der Waals surface area contributed by atoms with Crippen LogP contribution in [-0.2, 0) is 19.1 Å². The third kappa shape index (κ3) is 2.12. The van der Waals surface area contributed by atoms with E-state index in [4.69, 9.17) is 9.47 Å². The molecule has 0 spiro atoms. The minimum absolute atomic E-state index is 0.0615. The van der Waals surface area contributed by atoms with Crippen molar-refractivity contribution in [3.8, 4) is 0 Å². The number of nitro groups is 1. The molecule has 0 aromatic heterocycles. The lowest BCUT2D eigenvalue weighted by atomic mass is 9.67. The van der Waals surface area contributed by atoms with E-state index in [0.717, 1.165) is 5.56 Å². The van der Waals surface area contributed by atoms with Gasteiger partial charge in [-0.1, -0.05) is 18.2 Å². The average molecular weight is 315 g/mol. The number of benzene rings is 1. The van der Waals surface area contributed by atoms with Gasteiger partial charge >= 0.3 is 11.9 Å². The Labute approximate surface area is 131 Å². The standard InChI is InChI=1S/C16H13NO6/c1-22-15(18)13-10-5-6-11(14(13)16(19)23-2)12-7-8(17(20)21)3-4-9(10)12/h3-7,10-11H,1-2H3/t10-,11+/m1/s1. The van der Waals surface area contributed by atoms with Crippen molar-refractivity contribution in [3.05, 3.63) is 62.7 Å². The average Bonchev–Trinajstić information content (AvgIpc) is 2.59. The summed E-state index contributed by atoms with van der Waals surface area (Å²) in [5.74, 6) is -2.27. The molecular formula is C16H13NO6. The van der Waals surface area contributed by atoms with E-state index in [2.05, 4.69) is 0 Å². The quantitative estimate of drug-likeness (QED) is 0.366. The highest BCUT2D eigenvalue weighted by atomic mass is 16.6. The highest BCUT2D eigenvalue weighted by molar-refractivity contribution is 6.05. The SMILES string of the molecule is COC(=O)C1=C(C(=O)OC)[C@@H]2C=C[C@H]1c1cc([N+](=O)[O-])ccc12.